The number of fused-ring (bicyclic) bond motifs is 1. The first-order chi connectivity index (χ1) is 11.8. The topological polar surface area (TPSA) is 92.7 Å². The van der Waals surface area contributed by atoms with Crippen LogP contribution in [-0.2, 0) is 4.79 Å². The van der Waals surface area contributed by atoms with Gasteiger partial charge in [0.05, 0.1) is 0 Å². The fourth-order valence-electron chi connectivity index (χ4n) is 3.11. The maximum absolute atomic E-state index is 14.6. The SMILES string of the molecule is Cc1ccn2c(F)c(C(=O)N3C[C@@H](N)C[C@H]3C(=O)NC(C)C)nc2c1. The van der Waals surface area contributed by atoms with E-state index in [1.165, 1.54) is 15.5 Å². The summed E-state index contributed by atoms with van der Waals surface area (Å²) in [6.07, 6.45) is 1.88. The van der Waals surface area contributed by atoms with E-state index in [-0.39, 0.29) is 30.2 Å². The molecule has 1 aliphatic rings. The Labute approximate surface area is 145 Å². The largest absolute Gasteiger partial charge is 0.352 e. The van der Waals surface area contributed by atoms with Gasteiger partial charge in [-0.25, -0.2) is 4.98 Å². The number of likely N-dealkylation sites (tertiary alicyclic amines) is 1. The molecule has 2 amide bonds. The van der Waals surface area contributed by atoms with Crippen molar-refractivity contribution in [1.82, 2.24) is 19.6 Å². The highest BCUT2D eigenvalue weighted by molar-refractivity contribution is 5.97. The number of nitrogens with zero attached hydrogens (tertiary/aromatic N) is 3. The van der Waals surface area contributed by atoms with Gasteiger partial charge < -0.3 is 16.0 Å². The molecule has 7 nitrogen and oxygen atoms in total. The number of pyridine rings is 1. The molecule has 134 valence electrons. The molecule has 0 aromatic carbocycles. The van der Waals surface area contributed by atoms with E-state index in [4.69, 9.17) is 5.73 Å². The van der Waals surface area contributed by atoms with Gasteiger partial charge in [0.15, 0.2) is 5.69 Å². The second-order valence-corrected chi connectivity index (χ2v) is 6.82. The van der Waals surface area contributed by atoms with Crippen molar-refractivity contribution in [2.75, 3.05) is 6.54 Å². The number of aromatic nitrogens is 2. The molecule has 0 aliphatic carbocycles. The first-order valence-electron chi connectivity index (χ1n) is 8.29. The van der Waals surface area contributed by atoms with Gasteiger partial charge >= 0.3 is 0 Å². The number of imidazole rings is 1. The van der Waals surface area contributed by atoms with Crippen molar-refractivity contribution in [2.24, 2.45) is 5.73 Å². The predicted octanol–water partition coefficient (Wildman–Crippen LogP) is 0.848. The summed E-state index contributed by atoms with van der Waals surface area (Å²) in [5, 5.41) is 2.78. The van der Waals surface area contributed by atoms with Crippen molar-refractivity contribution in [1.29, 1.82) is 0 Å². The molecule has 0 bridgehead atoms. The Morgan fingerprint density at radius 3 is 2.84 bits per heavy atom. The molecule has 1 aliphatic heterocycles. The minimum absolute atomic E-state index is 0.0591. The first kappa shape index (κ1) is 17.3. The third-order valence-corrected chi connectivity index (χ3v) is 4.25. The summed E-state index contributed by atoms with van der Waals surface area (Å²) >= 11 is 0. The molecule has 0 saturated carbocycles. The molecule has 2 atom stereocenters. The molecular weight excluding hydrogens is 325 g/mol. The van der Waals surface area contributed by atoms with Crippen LogP contribution in [0.2, 0.25) is 0 Å². The highest BCUT2D eigenvalue weighted by atomic mass is 19.1. The van der Waals surface area contributed by atoms with Crippen LogP contribution in [0.3, 0.4) is 0 Å². The van der Waals surface area contributed by atoms with E-state index in [1.807, 2.05) is 20.8 Å². The lowest BCUT2D eigenvalue weighted by Gasteiger charge is -2.23. The molecule has 1 saturated heterocycles. The zero-order valence-corrected chi connectivity index (χ0v) is 14.5. The third-order valence-electron chi connectivity index (χ3n) is 4.25. The molecule has 25 heavy (non-hydrogen) atoms. The van der Waals surface area contributed by atoms with Crippen LogP contribution in [0.1, 0.15) is 36.3 Å². The smallest absolute Gasteiger partial charge is 0.277 e. The molecule has 2 aromatic rings. The number of hydrogen-bond acceptors (Lipinski definition) is 4. The molecular formula is C17H22FN5O2. The molecule has 0 radical (unpaired) electrons. The van der Waals surface area contributed by atoms with Crippen molar-refractivity contribution in [3.8, 4) is 0 Å². The number of nitrogens with one attached hydrogen (secondary N) is 1. The maximum Gasteiger partial charge on any atom is 0.277 e. The highest BCUT2D eigenvalue weighted by Crippen LogP contribution is 2.22. The fourth-order valence-corrected chi connectivity index (χ4v) is 3.11. The van der Waals surface area contributed by atoms with Gasteiger partial charge in [0.2, 0.25) is 11.9 Å². The number of hydrogen-bond donors (Lipinski definition) is 2. The molecule has 3 rings (SSSR count). The predicted molar refractivity (Wildman–Crippen MR) is 90.6 cm³/mol. The van der Waals surface area contributed by atoms with E-state index >= 15 is 0 Å². The summed E-state index contributed by atoms with van der Waals surface area (Å²) in [6.45, 7) is 5.73. The minimum Gasteiger partial charge on any atom is -0.352 e. The Balaban J connectivity index is 1.93. The number of halogens is 1. The lowest BCUT2D eigenvalue weighted by Crippen LogP contribution is -2.48. The number of aryl methyl sites for hydroxylation is 1. The standard InChI is InChI=1S/C17H22FN5O2/c1-9(2)20-16(24)12-7-11(19)8-23(12)17(25)14-15(18)22-5-4-10(3)6-13(22)21-14/h4-6,9,11-12H,7-8,19H2,1-3H3,(H,20,24)/t11-,12-/m0/s1. The second kappa shape index (κ2) is 6.44. The van der Waals surface area contributed by atoms with E-state index in [2.05, 4.69) is 10.3 Å². The van der Waals surface area contributed by atoms with Crippen LogP contribution < -0.4 is 11.1 Å². The van der Waals surface area contributed by atoms with Crippen LogP contribution in [0.5, 0.6) is 0 Å². The molecule has 3 N–H and O–H groups in total. The van der Waals surface area contributed by atoms with Crippen LogP contribution >= 0.6 is 0 Å². The summed E-state index contributed by atoms with van der Waals surface area (Å²) in [7, 11) is 0. The molecule has 0 unspecified atom stereocenters. The van der Waals surface area contributed by atoms with E-state index in [9.17, 15) is 14.0 Å². The van der Waals surface area contributed by atoms with Crippen molar-refractivity contribution >= 4 is 17.5 Å². The summed E-state index contributed by atoms with van der Waals surface area (Å²) in [5.41, 5.74) is 6.92. The number of nitrogens with two attached hydrogens (primary N) is 1. The van der Waals surface area contributed by atoms with E-state index < -0.39 is 17.9 Å². The number of carbonyl (C=O) groups is 2. The van der Waals surface area contributed by atoms with E-state index in [0.29, 0.717) is 12.1 Å². The van der Waals surface area contributed by atoms with E-state index in [0.717, 1.165) is 5.56 Å². The summed E-state index contributed by atoms with van der Waals surface area (Å²) in [6, 6.07) is 2.33. The van der Waals surface area contributed by atoms with Crippen molar-refractivity contribution < 1.29 is 14.0 Å². The van der Waals surface area contributed by atoms with Gasteiger partial charge in [0, 0.05) is 24.8 Å². The molecule has 0 spiro atoms. The number of carbonyl (C=O) groups excluding carboxylic acids is 2. The number of amides is 2. The first-order valence-corrected chi connectivity index (χ1v) is 8.29. The highest BCUT2D eigenvalue weighted by Gasteiger charge is 2.40. The van der Waals surface area contributed by atoms with Crippen molar-refractivity contribution in [2.45, 2.75) is 45.3 Å². The molecule has 1 fully saturated rings. The van der Waals surface area contributed by atoms with Crippen LogP contribution in [0.15, 0.2) is 18.3 Å². The van der Waals surface area contributed by atoms with Crippen LogP contribution in [0.4, 0.5) is 4.39 Å². The Morgan fingerprint density at radius 1 is 1.44 bits per heavy atom. The Hall–Kier alpha value is -2.48. The Morgan fingerprint density at radius 2 is 2.16 bits per heavy atom. The molecule has 2 aromatic heterocycles. The normalized spacial score (nSPS) is 20.5. The van der Waals surface area contributed by atoms with Crippen molar-refractivity contribution in [3.63, 3.8) is 0 Å². The van der Waals surface area contributed by atoms with Gasteiger partial charge in [-0.15, -0.1) is 0 Å². The summed E-state index contributed by atoms with van der Waals surface area (Å²) in [4.78, 5) is 30.7. The van der Waals surface area contributed by atoms with Gasteiger partial charge in [0.25, 0.3) is 5.91 Å². The van der Waals surface area contributed by atoms with E-state index in [1.54, 1.807) is 12.1 Å². The Bertz CT molecular complexity index is 832. The van der Waals surface area contributed by atoms with Gasteiger partial charge in [-0.3, -0.25) is 14.0 Å². The Kier molecular flexibility index (Phi) is 4.47. The second-order valence-electron chi connectivity index (χ2n) is 6.82. The minimum atomic E-state index is -0.733. The van der Waals surface area contributed by atoms with Crippen LogP contribution in [0, 0.1) is 12.9 Å². The monoisotopic (exact) mass is 347 g/mol. The number of rotatable bonds is 3. The maximum atomic E-state index is 14.6. The van der Waals surface area contributed by atoms with Crippen LogP contribution in [0.25, 0.3) is 5.65 Å². The van der Waals surface area contributed by atoms with Gasteiger partial charge in [-0.1, -0.05) is 0 Å². The zero-order valence-electron chi connectivity index (χ0n) is 14.5. The van der Waals surface area contributed by atoms with Gasteiger partial charge in [0.1, 0.15) is 11.7 Å². The third kappa shape index (κ3) is 3.21. The van der Waals surface area contributed by atoms with Crippen molar-refractivity contribution in [3.05, 3.63) is 35.5 Å². The van der Waals surface area contributed by atoms with Gasteiger partial charge in [-0.05, 0) is 44.9 Å². The lowest BCUT2D eigenvalue weighted by atomic mass is 10.1. The molecule has 3 heterocycles. The fraction of sp³-hybridized carbons (Fsp3) is 0.471. The van der Waals surface area contributed by atoms with Crippen LogP contribution in [-0.4, -0.2) is 50.8 Å². The summed E-state index contributed by atoms with van der Waals surface area (Å²) < 4.78 is 15.8. The molecule has 8 heteroatoms. The average Bonchev–Trinajstić information content (AvgIpc) is 3.07. The average molecular weight is 347 g/mol. The quantitative estimate of drug-likeness (QED) is 0.861. The zero-order chi connectivity index (χ0) is 18.3. The van der Waals surface area contributed by atoms with Gasteiger partial charge in [-0.2, -0.15) is 4.39 Å². The summed E-state index contributed by atoms with van der Waals surface area (Å²) in [5.74, 6) is -1.63. The lowest BCUT2D eigenvalue weighted by molar-refractivity contribution is -0.125.